The lowest BCUT2D eigenvalue weighted by atomic mass is 10.2. The maximum Gasteiger partial charge on any atom is 0.387 e. The Morgan fingerprint density at radius 1 is 1.14 bits per heavy atom. The molecular weight excluding hydrogens is 410 g/mol. The van der Waals surface area contributed by atoms with Gasteiger partial charge in [0.15, 0.2) is 11.5 Å². The molecule has 0 aliphatic rings. The van der Waals surface area contributed by atoms with Crippen LogP contribution in [0.1, 0.15) is 19.4 Å². The maximum absolute atomic E-state index is 12.5. The van der Waals surface area contributed by atoms with Crippen LogP contribution in [-0.2, 0) is 15.8 Å². The molecule has 0 fully saturated rings. The minimum absolute atomic E-state index is 0.0321. The van der Waals surface area contributed by atoms with E-state index in [0.717, 1.165) is 5.56 Å². The second kappa shape index (κ2) is 10.0. The van der Waals surface area contributed by atoms with Gasteiger partial charge < -0.3 is 9.47 Å². The zero-order valence-electron chi connectivity index (χ0n) is 15.8. The average Bonchev–Trinajstić information content (AvgIpc) is 2.67. The number of alkyl halides is 2. The fourth-order valence-electron chi connectivity index (χ4n) is 2.47. The number of thioether (sulfide) groups is 1. The number of benzene rings is 1. The molecule has 6 nitrogen and oxygen atoms in total. The van der Waals surface area contributed by atoms with Gasteiger partial charge in [-0.1, -0.05) is 19.9 Å². The molecule has 0 radical (unpaired) electrons. The van der Waals surface area contributed by atoms with Crippen LogP contribution in [0.5, 0.6) is 11.5 Å². The van der Waals surface area contributed by atoms with Crippen LogP contribution in [0.2, 0.25) is 0 Å². The third-order valence-corrected chi connectivity index (χ3v) is 6.93. The molecule has 0 spiro atoms. The largest absolute Gasteiger partial charge is 0.493 e. The first-order valence-electron chi connectivity index (χ1n) is 8.52. The first kappa shape index (κ1) is 22.4. The lowest BCUT2D eigenvalue weighted by Gasteiger charge is -2.18. The second-order valence-corrected chi connectivity index (χ2v) is 8.51. The van der Waals surface area contributed by atoms with Gasteiger partial charge in [0.2, 0.25) is 10.0 Å². The van der Waals surface area contributed by atoms with E-state index in [4.69, 9.17) is 4.74 Å². The minimum atomic E-state index is -3.54. The number of hydrogen-bond donors (Lipinski definition) is 0. The molecule has 1 heterocycles. The van der Waals surface area contributed by atoms with Crippen LogP contribution in [0.3, 0.4) is 0 Å². The third-order valence-electron chi connectivity index (χ3n) is 3.88. The highest BCUT2D eigenvalue weighted by atomic mass is 32.2. The van der Waals surface area contributed by atoms with E-state index in [-0.39, 0.29) is 16.4 Å². The average molecular weight is 433 g/mol. The number of pyridine rings is 1. The summed E-state index contributed by atoms with van der Waals surface area (Å²) in [6.07, 6.45) is 1.34. The monoisotopic (exact) mass is 432 g/mol. The first-order valence-corrected chi connectivity index (χ1v) is 10.9. The van der Waals surface area contributed by atoms with Crippen molar-refractivity contribution < 1.29 is 26.7 Å². The van der Waals surface area contributed by atoms with Crippen molar-refractivity contribution in [3.63, 3.8) is 0 Å². The molecule has 0 aliphatic heterocycles. The number of aromatic nitrogens is 1. The molecule has 0 atom stereocenters. The van der Waals surface area contributed by atoms with Crippen LogP contribution in [0, 0.1) is 0 Å². The fraction of sp³-hybridized carbons (Fsp3) is 0.389. The molecule has 1 aromatic heterocycles. The van der Waals surface area contributed by atoms with Gasteiger partial charge in [-0.05, 0) is 29.8 Å². The van der Waals surface area contributed by atoms with E-state index in [1.54, 1.807) is 32.0 Å². The van der Waals surface area contributed by atoms with Gasteiger partial charge in [0.1, 0.15) is 4.90 Å². The summed E-state index contributed by atoms with van der Waals surface area (Å²) in [5.41, 5.74) is 0.824. The van der Waals surface area contributed by atoms with Gasteiger partial charge >= 0.3 is 6.61 Å². The number of methoxy groups -OCH3 is 1. The summed E-state index contributed by atoms with van der Waals surface area (Å²) in [4.78, 5) is 4.36. The molecular formula is C18H22F2N2O4S2. The molecule has 0 N–H and O–H groups in total. The summed E-state index contributed by atoms with van der Waals surface area (Å²) < 4.78 is 60.5. The first-order chi connectivity index (χ1) is 13.3. The van der Waals surface area contributed by atoms with Crippen LogP contribution in [0.25, 0.3) is 0 Å². The van der Waals surface area contributed by atoms with Gasteiger partial charge in [-0.2, -0.15) is 13.1 Å². The van der Waals surface area contributed by atoms with Crippen LogP contribution in [0.4, 0.5) is 8.78 Å². The Morgan fingerprint density at radius 3 is 2.39 bits per heavy atom. The van der Waals surface area contributed by atoms with Gasteiger partial charge in [0, 0.05) is 25.0 Å². The minimum Gasteiger partial charge on any atom is -0.493 e. The second-order valence-electron chi connectivity index (χ2n) is 5.57. The molecule has 0 amide bonds. The van der Waals surface area contributed by atoms with Crippen molar-refractivity contribution in [2.24, 2.45) is 0 Å². The lowest BCUT2D eigenvalue weighted by molar-refractivity contribution is -0.0512. The summed E-state index contributed by atoms with van der Waals surface area (Å²) in [5.74, 6) is 0.683. The summed E-state index contributed by atoms with van der Waals surface area (Å²) in [5, 5.41) is 0.644. The number of rotatable bonds is 10. The van der Waals surface area contributed by atoms with Crippen molar-refractivity contribution in [2.45, 2.75) is 36.1 Å². The van der Waals surface area contributed by atoms with Gasteiger partial charge in [-0.25, -0.2) is 13.4 Å². The highest BCUT2D eigenvalue weighted by Gasteiger charge is 2.21. The number of sulfonamides is 1. The zero-order valence-corrected chi connectivity index (χ0v) is 17.4. The molecule has 154 valence electrons. The highest BCUT2D eigenvalue weighted by molar-refractivity contribution is 7.98. The quantitative estimate of drug-likeness (QED) is 0.529. The summed E-state index contributed by atoms with van der Waals surface area (Å²) in [6, 6.07) is 7.88. The standard InChI is InChI=1S/C18H22F2N2O4S2/c1-4-22(5-2)28(23,24)14-7-9-17(21-11-14)27-12-13-6-8-15(26-18(19)20)16(10-13)25-3/h6-11,18H,4-5,12H2,1-3H3. The Bertz CT molecular complexity index is 874. The molecule has 2 aromatic rings. The molecule has 2 rings (SSSR count). The number of hydrogen-bond acceptors (Lipinski definition) is 6. The molecule has 1 aromatic carbocycles. The van der Waals surface area contributed by atoms with E-state index in [1.165, 1.54) is 41.5 Å². The zero-order chi connectivity index (χ0) is 20.7. The molecule has 28 heavy (non-hydrogen) atoms. The number of ether oxygens (including phenoxy) is 2. The number of nitrogens with zero attached hydrogens (tertiary/aromatic N) is 2. The van der Waals surface area contributed by atoms with E-state index in [2.05, 4.69) is 9.72 Å². The highest BCUT2D eigenvalue weighted by Crippen LogP contribution is 2.32. The van der Waals surface area contributed by atoms with Crippen LogP contribution < -0.4 is 9.47 Å². The van der Waals surface area contributed by atoms with Gasteiger partial charge in [-0.3, -0.25) is 0 Å². The molecule has 10 heteroatoms. The van der Waals surface area contributed by atoms with E-state index in [1.807, 2.05) is 0 Å². The van der Waals surface area contributed by atoms with Crippen LogP contribution in [-0.4, -0.2) is 44.5 Å². The molecule has 0 saturated carbocycles. The van der Waals surface area contributed by atoms with Crippen molar-refractivity contribution in [3.05, 3.63) is 42.1 Å². The van der Waals surface area contributed by atoms with Gasteiger partial charge in [0.05, 0.1) is 12.1 Å². The van der Waals surface area contributed by atoms with E-state index >= 15 is 0 Å². The molecule has 0 saturated heterocycles. The summed E-state index contributed by atoms with van der Waals surface area (Å²) in [6.45, 7) is 1.42. The fourth-order valence-corrected chi connectivity index (χ4v) is 4.66. The van der Waals surface area contributed by atoms with Crippen LogP contribution in [0.15, 0.2) is 46.5 Å². The smallest absolute Gasteiger partial charge is 0.387 e. The topological polar surface area (TPSA) is 68.7 Å². The Hall–Kier alpha value is -1.91. The molecule has 0 aliphatic carbocycles. The Morgan fingerprint density at radius 2 is 1.86 bits per heavy atom. The van der Waals surface area contributed by atoms with E-state index < -0.39 is 16.6 Å². The SMILES string of the molecule is CCN(CC)S(=O)(=O)c1ccc(SCc2ccc(OC(F)F)c(OC)c2)nc1. The van der Waals surface area contributed by atoms with Gasteiger partial charge in [0.25, 0.3) is 0 Å². The normalized spacial score (nSPS) is 11.8. The van der Waals surface area contributed by atoms with Crippen LogP contribution >= 0.6 is 11.8 Å². The van der Waals surface area contributed by atoms with E-state index in [0.29, 0.717) is 23.9 Å². The van der Waals surface area contributed by atoms with E-state index in [9.17, 15) is 17.2 Å². The van der Waals surface area contributed by atoms with Crippen molar-refractivity contribution in [2.75, 3.05) is 20.2 Å². The molecule has 0 bridgehead atoms. The number of halogens is 2. The third kappa shape index (κ3) is 5.55. The Balaban J connectivity index is 2.07. The van der Waals surface area contributed by atoms with Gasteiger partial charge in [-0.15, -0.1) is 11.8 Å². The summed E-state index contributed by atoms with van der Waals surface area (Å²) in [7, 11) is -2.16. The predicted octanol–water partition coefficient (Wildman–Crippen LogP) is 4.01. The summed E-state index contributed by atoms with van der Waals surface area (Å²) >= 11 is 1.39. The maximum atomic E-state index is 12.5. The Kier molecular flexibility index (Phi) is 8.02. The lowest BCUT2D eigenvalue weighted by Crippen LogP contribution is -2.30. The molecule has 0 unspecified atom stereocenters. The van der Waals surface area contributed by atoms with Crippen molar-refractivity contribution in [3.8, 4) is 11.5 Å². The van der Waals surface area contributed by atoms with Crippen molar-refractivity contribution in [1.29, 1.82) is 0 Å². The Labute approximate surface area is 167 Å². The predicted molar refractivity (Wildman–Crippen MR) is 104 cm³/mol. The van der Waals surface area contributed by atoms with Crippen molar-refractivity contribution in [1.82, 2.24) is 9.29 Å². The van der Waals surface area contributed by atoms with Crippen molar-refractivity contribution >= 4 is 21.8 Å².